The van der Waals surface area contributed by atoms with Crippen molar-refractivity contribution in [1.29, 1.82) is 0 Å². The van der Waals surface area contributed by atoms with E-state index in [9.17, 15) is 14.4 Å². The van der Waals surface area contributed by atoms with Gasteiger partial charge in [-0.2, -0.15) is 0 Å². The molecule has 0 saturated heterocycles. The van der Waals surface area contributed by atoms with E-state index in [1.165, 1.54) is 7.11 Å². The highest BCUT2D eigenvalue weighted by molar-refractivity contribution is 7.52. The van der Waals surface area contributed by atoms with Crippen molar-refractivity contribution in [2.24, 2.45) is 0 Å². The van der Waals surface area contributed by atoms with Gasteiger partial charge in [0.15, 0.2) is 14.6 Å². The SMILES string of the molecule is COC(O[Si](C)(C)C(C)(C)C)C(c1ccccc1)P(=O)(O)O. The van der Waals surface area contributed by atoms with Crippen LogP contribution < -0.4 is 0 Å². The lowest BCUT2D eigenvalue weighted by molar-refractivity contribution is -0.0686. The van der Waals surface area contributed by atoms with Crippen molar-refractivity contribution >= 4 is 15.9 Å². The predicted octanol–water partition coefficient (Wildman–Crippen LogP) is 3.90. The van der Waals surface area contributed by atoms with Crippen molar-refractivity contribution in [1.82, 2.24) is 0 Å². The van der Waals surface area contributed by atoms with E-state index in [2.05, 4.69) is 20.8 Å². The van der Waals surface area contributed by atoms with Gasteiger partial charge < -0.3 is 18.9 Å². The Morgan fingerprint density at radius 2 is 1.64 bits per heavy atom. The largest absolute Gasteiger partial charge is 0.391 e. The molecule has 2 unspecified atom stereocenters. The summed E-state index contributed by atoms with van der Waals surface area (Å²) in [7, 11) is -5.25. The third-order valence-electron chi connectivity index (χ3n) is 4.21. The summed E-state index contributed by atoms with van der Waals surface area (Å²) in [5.74, 6) is 0. The third-order valence-corrected chi connectivity index (χ3v) is 9.91. The van der Waals surface area contributed by atoms with Crippen molar-refractivity contribution < 1.29 is 23.5 Å². The van der Waals surface area contributed by atoms with Crippen molar-refractivity contribution in [3.8, 4) is 0 Å². The van der Waals surface area contributed by atoms with Gasteiger partial charge in [-0.25, -0.2) is 0 Å². The molecule has 5 nitrogen and oxygen atoms in total. The summed E-state index contributed by atoms with van der Waals surface area (Å²) in [5, 5.41) is -0.0834. The molecule has 22 heavy (non-hydrogen) atoms. The summed E-state index contributed by atoms with van der Waals surface area (Å²) in [6.07, 6.45) is -0.982. The van der Waals surface area contributed by atoms with Crippen LogP contribution in [-0.2, 0) is 13.7 Å². The number of rotatable bonds is 6. The van der Waals surface area contributed by atoms with Crippen LogP contribution in [0.3, 0.4) is 0 Å². The van der Waals surface area contributed by atoms with Crippen molar-refractivity contribution in [3.05, 3.63) is 35.9 Å². The van der Waals surface area contributed by atoms with Gasteiger partial charge in [0, 0.05) is 7.11 Å². The zero-order valence-corrected chi connectivity index (χ0v) is 16.0. The first kappa shape index (κ1) is 19.6. The molecule has 0 saturated carbocycles. The van der Waals surface area contributed by atoms with Crippen molar-refractivity contribution in [2.45, 2.75) is 50.9 Å². The number of ether oxygens (including phenoxy) is 1. The molecule has 0 amide bonds. The molecule has 1 aromatic rings. The summed E-state index contributed by atoms with van der Waals surface area (Å²) >= 11 is 0. The molecule has 0 spiro atoms. The van der Waals surface area contributed by atoms with Gasteiger partial charge in [-0.3, -0.25) is 4.57 Å². The van der Waals surface area contributed by atoms with Crippen LogP contribution in [0.1, 0.15) is 32.0 Å². The second-order valence-electron chi connectivity index (χ2n) is 6.93. The topological polar surface area (TPSA) is 76.0 Å². The highest BCUT2D eigenvalue weighted by atomic mass is 31.2. The van der Waals surface area contributed by atoms with Crippen LogP contribution in [0.15, 0.2) is 30.3 Å². The molecule has 126 valence electrons. The first-order valence-electron chi connectivity index (χ1n) is 7.21. The van der Waals surface area contributed by atoms with Gasteiger partial charge in [0.25, 0.3) is 0 Å². The average Bonchev–Trinajstić information content (AvgIpc) is 2.36. The summed E-state index contributed by atoms with van der Waals surface area (Å²) in [6.45, 7) is 10.3. The van der Waals surface area contributed by atoms with Gasteiger partial charge in [0.2, 0.25) is 0 Å². The normalized spacial score (nSPS) is 16.4. The number of methoxy groups -OCH3 is 1. The van der Waals surface area contributed by atoms with Crippen LogP contribution in [0.25, 0.3) is 0 Å². The second-order valence-corrected chi connectivity index (χ2v) is 13.4. The van der Waals surface area contributed by atoms with E-state index in [1.54, 1.807) is 30.3 Å². The van der Waals surface area contributed by atoms with E-state index >= 15 is 0 Å². The molecule has 0 heterocycles. The number of hydrogen-bond donors (Lipinski definition) is 2. The van der Waals surface area contributed by atoms with Crippen LogP contribution in [0.4, 0.5) is 0 Å². The van der Waals surface area contributed by atoms with E-state index in [-0.39, 0.29) is 5.04 Å². The molecule has 0 aliphatic rings. The minimum absolute atomic E-state index is 0.0834. The highest BCUT2D eigenvalue weighted by Gasteiger charge is 2.45. The van der Waals surface area contributed by atoms with Crippen LogP contribution in [0, 0.1) is 0 Å². The van der Waals surface area contributed by atoms with Crippen LogP contribution in [0.5, 0.6) is 0 Å². The second kappa shape index (κ2) is 6.95. The Morgan fingerprint density at radius 3 is 2.00 bits per heavy atom. The molecule has 2 atom stereocenters. The van der Waals surface area contributed by atoms with E-state index in [0.29, 0.717) is 5.56 Å². The summed E-state index contributed by atoms with van der Waals surface area (Å²) in [5.41, 5.74) is -0.616. The zero-order chi connectivity index (χ0) is 17.2. The Labute approximate surface area is 133 Å². The van der Waals surface area contributed by atoms with Gasteiger partial charge in [-0.05, 0) is 23.7 Å². The predicted molar refractivity (Wildman–Crippen MR) is 90.3 cm³/mol. The zero-order valence-electron chi connectivity index (χ0n) is 14.1. The number of benzene rings is 1. The van der Waals surface area contributed by atoms with Gasteiger partial charge in [-0.15, -0.1) is 0 Å². The molecule has 0 aliphatic heterocycles. The van der Waals surface area contributed by atoms with E-state index in [1.807, 2.05) is 13.1 Å². The molecule has 0 radical (unpaired) electrons. The fourth-order valence-electron chi connectivity index (χ4n) is 1.87. The maximum atomic E-state index is 12.0. The molecular weight excluding hydrogens is 319 g/mol. The van der Waals surface area contributed by atoms with Gasteiger partial charge in [0.1, 0.15) is 5.66 Å². The first-order valence-corrected chi connectivity index (χ1v) is 11.8. The smallest absolute Gasteiger partial charge is 0.338 e. The van der Waals surface area contributed by atoms with Crippen LogP contribution in [-0.4, -0.2) is 31.5 Å². The maximum absolute atomic E-state index is 12.0. The summed E-state index contributed by atoms with van der Waals surface area (Å²) < 4.78 is 23.5. The molecule has 2 N–H and O–H groups in total. The molecular formula is C15H27O5PSi. The fourth-order valence-corrected chi connectivity index (χ4v) is 4.21. The van der Waals surface area contributed by atoms with Crippen molar-refractivity contribution in [2.75, 3.05) is 7.11 Å². The minimum atomic E-state index is -4.44. The molecule has 0 bridgehead atoms. The highest BCUT2D eigenvalue weighted by Crippen LogP contribution is 2.55. The summed E-state index contributed by atoms with van der Waals surface area (Å²) in [6, 6.07) is 8.67. The Hall–Kier alpha value is -0.493. The number of hydrogen-bond acceptors (Lipinski definition) is 3. The van der Waals surface area contributed by atoms with Crippen LogP contribution in [0.2, 0.25) is 18.1 Å². The standard InChI is InChI=1S/C15H27O5PSi/c1-15(2,3)22(5,6)20-14(19-4)13(21(16,17)18)12-10-8-7-9-11-12/h7-11,13-14H,1-6H3,(H2,16,17,18). The Balaban J connectivity index is 3.20. The average molecular weight is 346 g/mol. The van der Waals surface area contributed by atoms with Gasteiger partial charge in [0.05, 0.1) is 0 Å². The lowest BCUT2D eigenvalue weighted by atomic mass is 10.1. The van der Waals surface area contributed by atoms with E-state index in [4.69, 9.17) is 9.16 Å². The van der Waals surface area contributed by atoms with Crippen molar-refractivity contribution in [3.63, 3.8) is 0 Å². The van der Waals surface area contributed by atoms with Crippen LogP contribution >= 0.6 is 7.60 Å². The lowest BCUT2D eigenvalue weighted by Crippen LogP contribution is -2.46. The molecule has 1 aromatic carbocycles. The lowest BCUT2D eigenvalue weighted by Gasteiger charge is -2.40. The van der Waals surface area contributed by atoms with Gasteiger partial charge >= 0.3 is 7.60 Å². The Kier molecular flexibility index (Phi) is 6.18. The minimum Gasteiger partial charge on any atom is -0.391 e. The first-order chi connectivity index (χ1) is 9.90. The summed E-state index contributed by atoms with van der Waals surface area (Å²) in [4.78, 5) is 19.6. The quantitative estimate of drug-likeness (QED) is 0.464. The monoisotopic (exact) mass is 346 g/mol. The Morgan fingerprint density at radius 1 is 1.14 bits per heavy atom. The Bertz CT molecular complexity index is 520. The van der Waals surface area contributed by atoms with Gasteiger partial charge in [-0.1, -0.05) is 51.1 Å². The molecule has 0 aromatic heterocycles. The molecule has 0 aliphatic carbocycles. The van der Waals surface area contributed by atoms with E-state index in [0.717, 1.165) is 0 Å². The van der Waals surface area contributed by atoms with E-state index < -0.39 is 27.9 Å². The maximum Gasteiger partial charge on any atom is 0.338 e. The third kappa shape index (κ3) is 4.75. The molecule has 0 fully saturated rings. The molecule has 7 heteroatoms. The molecule has 1 rings (SSSR count). The fraction of sp³-hybridized carbons (Fsp3) is 0.600.